The quantitative estimate of drug-likeness (QED) is 0.479. The van der Waals surface area contributed by atoms with Crippen LogP contribution in [0.2, 0.25) is 0 Å². The Morgan fingerprint density at radius 3 is 2.94 bits per heavy atom. The molecule has 34 heavy (non-hydrogen) atoms. The zero-order valence-corrected chi connectivity index (χ0v) is 19.9. The molecule has 0 bridgehead atoms. The average Bonchev–Trinajstić information content (AvgIpc) is 3.29. The molecule has 6 heteroatoms. The van der Waals surface area contributed by atoms with Gasteiger partial charge in [-0.1, -0.05) is 12.6 Å². The molecule has 2 saturated heterocycles. The maximum absolute atomic E-state index is 5.15. The molecule has 3 aromatic heterocycles. The molecule has 6 nitrogen and oxygen atoms in total. The first kappa shape index (κ1) is 20.3. The van der Waals surface area contributed by atoms with Crippen molar-refractivity contribution in [2.24, 2.45) is 18.9 Å². The number of piperidine rings is 1. The van der Waals surface area contributed by atoms with Crippen molar-refractivity contribution in [3.63, 3.8) is 0 Å². The van der Waals surface area contributed by atoms with Gasteiger partial charge in [-0.3, -0.25) is 0 Å². The van der Waals surface area contributed by atoms with Gasteiger partial charge in [-0.2, -0.15) is 0 Å². The molecular formula is C28H32N6. The van der Waals surface area contributed by atoms with Gasteiger partial charge < -0.3 is 19.4 Å². The summed E-state index contributed by atoms with van der Waals surface area (Å²) in [7, 11) is 2.13. The molecule has 3 fully saturated rings. The van der Waals surface area contributed by atoms with Crippen molar-refractivity contribution >= 4 is 27.8 Å². The van der Waals surface area contributed by atoms with Gasteiger partial charge in [-0.05, 0) is 80.0 Å². The van der Waals surface area contributed by atoms with Crippen LogP contribution in [0.5, 0.6) is 0 Å². The first-order chi connectivity index (χ1) is 16.7. The number of hydrogen-bond donors (Lipinski definition) is 1. The zero-order valence-electron chi connectivity index (χ0n) is 19.9. The van der Waals surface area contributed by atoms with Crippen LogP contribution in [0.4, 0.5) is 0 Å². The van der Waals surface area contributed by atoms with Crippen molar-refractivity contribution in [1.82, 2.24) is 29.3 Å². The van der Waals surface area contributed by atoms with Crippen molar-refractivity contribution in [2.45, 2.75) is 38.3 Å². The highest BCUT2D eigenvalue weighted by molar-refractivity contribution is 5.87. The molecule has 3 aliphatic rings. The second-order valence-electron chi connectivity index (χ2n) is 10.5. The standard InChI is InChI=1S/C28H32N6/c1-18(33-13-10-20-9-12-29-24(20)17-33)21-7-8-25-23(14-21)31-28(32(25)2)26-15-22-4-3-11-30-27(22)34(26)16-19-5-6-19/h3-4,7-8,11,14-15,19-20,24,29H,1,5-6,9-10,12-13,16-17H2,2H3. The third-order valence-corrected chi connectivity index (χ3v) is 8.30. The normalized spacial score (nSPS) is 22.6. The van der Waals surface area contributed by atoms with Gasteiger partial charge in [0.05, 0.1) is 16.7 Å². The number of benzene rings is 1. The van der Waals surface area contributed by atoms with Crippen molar-refractivity contribution in [3.8, 4) is 11.5 Å². The summed E-state index contributed by atoms with van der Waals surface area (Å²) < 4.78 is 4.61. The van der Waals surface area contributed by atoms with Crippen molar-refractivity contribution < 1.29 is 0 Å². The van der Waals surface area contributed by atoms with E-state index in [0.717, 1.165) is 71.9 Å². The molecule has 2 atom stereocenters. The van der Waals surface area contributed by atoms with Gasteiger partial charge >= 0.3 is 0 Å². The Hall–Kier alpha value is -3.12. The van der Waals surface area contributed by atoms with E-state index in [0.29, 0.717) is 6.04 Å². The van der Waals surface area contributed by atoms with Crippen LogP contribution in [-0.2, 0) is 13.6 Å². The summed E-state index contributed by atoms with van der Waals surface area (Å²) in [5.74, 6) is 2.61. The van der Waals surface area contributed by atoms with Gasteiger partial charge in [0, 0.05) is 50.0 Å². The lowest BCUT2D eigenvalue weighted by atomic mass is 9.92. The molecule has 2 aliphatic heterocycles. The maximum atomic E-state index is 5.15. The van der Waals surface area contributed by atoms with Gasteiger partial charge in [-0.25, -0.2) is 9.97 Å². The minimum atomic E-state index is 0.609. The van der Waals surface area contributed by atoms with Crippen LogP contribution in [0.25, 0.3) is 39.3 Å². The fourth-order valence-corrected chi connectivity index (χ4v) is 6.08. The molecule has 0 radical (unpaired) electrons. The summed E-state index contributed by atoms with van der Waals surface area (Å²) in [6.07, 6.45) is 7.10. The number of pyridine rings is 1. The van der Waals surface area contributed by atoms with Crippen LogP contribution >= 0.6 is 0 Å². The highest BCUT2D eigenvalue weighted by Crippen LogP contribution is 2.36. The molecule has 1 aromatic carbocycles. The minimum Gasteiger partial charge on any atom is -0.370 e. The average molecular weight is 453 g/mol. The van der Waals surface area contributed by atoms with Crippen LogP contribution in [0, 0.1) is 11.8 Å². The molecule has 4 aromatic rings. The number of likely N-dealkylation sites (tertiary alicyclic amines) is 1. The molecule has 5 heterocycles. The first-order valence-corrected chi connectivity index (χ1v) is 12.7. The molecule has 7 rings (SSSR count). The first-order valence-electron chi connectivity index (χ1n) is 12.7. The van der Waals surface area contributed by atoms with Gasteiger partial charge in [0.25, 0.3) is 0 Å². The highest BCUT2D eigenvalue weighted by atomic mass is 15.2. The monoisotopic (exact) mass is 452 g/mol. The van der Waals surface area contributed by atoms with Gasteiger partial charge in [0.15, 0.2) is 5.82 Å². The molecular weight excluding hydrogens is 420 g/mol. The van der Waals surface area contributed by atoms with E-state index in [-0.39, 0.29) is 0 Å². The summed E-state index contributed by atoms with van der Waals surface area (Å²) in [6, 6.07) is 13.7. The molecule has 1 saturated carbocycles. The number of imidazole rings is 1. The zero-order chi connectivity index (χ0) is 22.8. The second-order valence-corrected chi connectivity index (χ2v) is 10.5. The predicted molar refractivity (Wildman–Crippen MR) is 137 cm³/mol. The summed E-state index contributed by atoms with van der Waals surface area (Å²) in [4.78, 5) is 12.3. The van der Waals surface area contributed by atoms with E-state index >= 15 is 0 Å². The second kappa shape index (κ2) is 7.70. The lowest BCUT2D eigenvalue weighted by molar-refractivity contribution is 0.231. The predicted octanol–water partition coefficient (Wildman–Crippen LogP) is 4.65. The lowest BCUT2D eigenvalue weighted by Gasteiger charge is -2.37. The Morgan fingerprint density at radius 1 is 1.15 bits per heavy atom. The number of hydrogen-bond acceptors (Lipinski definition) is 4. The number of aromatic nitrogens is 4. The SMILES string of the molecule is C=C(c1ccc2c(c1)nc(-c1cc3cccnc3n1CC1CC1)n2C)N1CCC2CCNC2C1. The maximum Gasteiger partial charge on any atom is 0.157 e. The largest absolute Gasteiger partial charge is 0.370 e. The van der Waals surface area contributed by atoms with E-state index in [1.54, 1.807) is 0 Å². The van der Waals surface area contributed by atoms with Gasteiger partial charge in [0.1, 0.15) is 5.65 Å². The Balaban J connectivity index is 1.25. The van der Waals surface area contributed by atoms with E-state index in [4.69, 9.17) is 9.97 Å². The summed E-state index contributed by atoms with van der Waals surface area (Å²) in [5.41, 5.74) is 6.70. The van der Waals surface area contributed by atoms with E-state index in [1.165, 1.54) is 36.6 Å². The Kier molecular flexibility index (Phi) is 4.59. The number of rotatable bonds is 5. The third-order valence-electron chi connectivity index (χ3n) is 8.30. The van der Waals surface area contributed by atoms with Gasteiger partial charge in [0.2, 0.25) is 0 Å². The number of fused-ring (bicyclic) bond motifs is 3. The summed E-state index contributed by atoms with van der Waals surface area (Å²) in [6.45, 7) is 8.83. The Bertz CT molecular complexity index is 1410. The van der Waals surface area contributed by atoms with E-state index in [2.05, 4.69) is 63.3 Å². The van der Waals surface area contributed by atoms with E-state index in [1.807, 2.05) is 12.3 Å². The van der Waals surface area contributed by atoms with E-state index in [9.17, 15) is 0 Å². The highest BCUT2D eigenvalue weighted by Gasteiger charge is 2.33. The summed E-state index contributed by atoms with van der Waals surface area (Å²) in [5, 5.41) is 4.87. The minimum absolute atomic E-state index is 0.609. The van der Waals surface area contributed by atoms with Crippen LogP contribution < -0.4 is 5.32 Å². The topological polar surface area (TPSA) is 50.9 Å². The smallest absolute Gasteiger partial charge is 0.157 e. The fraction of sp³-hybridized carbons (Fsp3) is 0.429. The van der Waals surface area contributed by atoms with Crippen LogP contribution in [0.3, 0.4) is 0 Å². The molecule has 0 spiro atoms. The molecule has 0 amide bonds. The molecule has 174 valence electrons. The van der Waals surface area contributed by atoms with Crippen LogP contribution in [0.15, 0.2) is 49.2 Å². The Morgan fingerprint density at radius 2 is 2.06 bits per heavy atom. The van der Waals surface area contributed by atoms with Crippen molar-refractivity contribution in [3.05, 3.63) is 54.7 Å². The Labute approximate surface area is 200 Å². The molecule has 2 unspecified atom stereocenters. The van der Waals surface area contributed by atoms with Crippen molar-refractivity contribution in [1.29, 1.82) is 0 Å². The van der Waals surface area contributed by atoms with Gasteiger partial charge in [-0.15, -0.1) is 0 Å². The fourth-order valence-electron chi connectivity index (χ4n) is 6.08. The van der Waals surface area contributed by atoms with Crippen LogP contribution in [0.1, 0.15) is 31.2 Å². The van der Waals surface area contributed by atoms with E-state index < -0.39 is 0 Å². The summed E-state index contributed by atoms with van der Waals surface area (Å²) >= 11 is 0. The third kappa shape index (κ3) is 3.27. The molecule has 1 N–H and O–H groups in total. The number of aryl methyl sites for hydroxylation is 1. The van der Waals surface area contributed by atoms with Crippen LogP contribution in [-0.4, -0.2) is 49.7 Å². The molecule has 1 aliphatic carbocycles. The number of nitrogens with zero attached hydrogens (tertiary/aromatic N) is 5. The van der Waals surface area contributed by atoms with Crippen molar-refractivity contribution in [2.75, 3.05) is 19.6 Å². The number of nitrogens with one attached hydrogen (secondary N) is 1. The lowest BCUT2D eigenvalue weighted by Crippen LogP contribution is -2.45.